The molecule has 100 valence electrons. The highest BCUT2D eigenvalue weighted by molar-refractivity contribution is 6.31. The zero-order valence-corrected chi connectivity index (χ0v) is 11.5. The fourth-order valence-corrected chi connectivity index (χ4v) is 1.87. The Morgan fingerprint density at radius 1 is 1.42 bits per heavy atom. The molecule has 0 saturated heterocycles. The summed E-state index contributed by atoms with van der Waals surface area (Å²) in [4.78, 5) is 4.10. The van der Waals surface area contributed by atoms with Gasteiger partial charge < -0.3 is 10.1 Å². The van der Waals surface area contributed by atoms with Crippen LogP contribution in [0.15, 0.2) is 30.5 Å². The van der Waals surface area contributed by atoms with E-state index in [1.54, 1.807) is 37.4 Å². The Labute approximate surface area is 116 Å². The minimum Gasteiger partial charge on any atom is -0.434 e. The molecule has 1 aromatic heterocycles. The van der Waals surface area contributed by atoms with Gasteiger partial charge in [-0.2, -0.15) is 0 Å². The average Bonchev–Trinajstić information content (AvgIpc) is 2.38. The molecule has 1 aromatic carbocycles. The van der Waals surface area contributed by atoms with Crippen LogP contribution in [0.2, 0.25) is 5.02 Å². The SMILES string of the molecule is CNCc1cnc(Oc2cccc(C)c2F)c(Cl)c1. The quantitative estimate of drug-likeness (QED) is 0.927. The molecule has 0 amide bonds. The highest BCUT2D eigenvalue weighted by Crippen LogP contribution is 2.30. The van der Waals surface area contributed by atoms with Gasteiger partial charge in [-0.15, -0.1) is 0 Å². The van der Waals surface area contributed by atoms with Gasteiger partial charge >= 0.3 is 0 Å². The Morgan fingerprint density at radius 3 is 2.89 bits per heavy atom. The molecule has 0 aliphatic heterocycles. The van der Waals surface area contributed by atoms with Crippen molar-refractivity contribution in [3.63, 3.8) is 0 Å². The molecule has 0 unspecified atom stereocenters. The first-order valence-corrected chi connectivity index (χ1v) is 6.21. The second kappa shape index (κ2) is 5.99. The van der Waals surface area contributed by atoms with Crippen molar-refractivity contribution in [1.29, 1.82) is 0 Å². The molecule has 2 rings (SSSR count). The van der Waals surface area contributed by atoms with Crippen molar-refractivity contribution in [3.8, 4) is 11.6 Å². The third-order valence-electron chi connectivity index (χ3n) is 2.61. The lowest BCUT2D eigenvalue weighted by atomic mass is 10.2. The molecule has 0 fully saturated rings. The van der Waals surface area contributed by atoms with Crippen LogP contribution in [-0.4, -0.2) is 12.0 Å². The Balaban J connectivity index is 2.26. The Hall–Kier alpha value is -1.65. The number of nitrogens with one attached hydrogen (secondary N) is 1. The van der Waals surface area contributed by atoms with Gasteiger partial charge in [-0.25, -0.2) is 9.37 Å². The maximum atomic E-state index is 13.8. The molecular formula is C14H14ClFN2O. The zero-order valence-electron chi connectivity index (χ0n) is 10.7. The standard InChI is InChI=1S/C14H14ClFN2O/c1-9-4-3-5-12(13(9)16)19-14-11(15)6-10(7-17-2)8-18-14/h3-6,8,17H,7H2,1-2H3. The molecule has 3 nitrogen and oxygen atoms in total. The number of hydrogen-bond donors (Lipinski definition) is 1. The number of rotatable bonds is 4. The summed E-state index contributed by atoms with van der Waals surface area (Å²) in [5, 5.41) is 3.35. The van der Waals surface area contributed by atoms with Crippen molar-refractivity contribution in [2.75, 3.05) is 7.05 Å². The summed E-state index contributed by atoms with van der Waals surface area (Å²) in [6.07, 6.45) is 1.64. The highest BCUT2D eigenvalue weighted by Gasteiger charge is 2.11. The second-order valence-corrected chi connectivity index (χ2v) is 4.56. The van der Waals surface area contributed by atoms with E-state index in [1.165, 1.54) is 0 Å². The summed E-state index contributed by atoms with van der Waals surface area (Å²) in [6, 6.07) is 6.68. The van der Waals surface area contributed by atoms with Gasteiger partial charge in [0.15, 0.2) is 11.6 Å². The number of benzene rings is 1. The Kier molecular flexibility index (Phi) is 4.35. The molecule has 0 aliphatic carbocycles. The summed E-state index contributed by atoms with van der Waals surface area (Å²) < 4.78 is 19.2. The van der Waals surface area contributed by atoms with E-state index in [-0.39, 0.29) is 11.6 Å². The second-order valence-electron chi connectivity index (χ2n) is 4.15. The third kappa shape index (κ3) is 3.22. The van der Waals surface area contributed by atoms with Crippen LogP contribution in [0.5, 0.6) is 11.6 Å². The van der Waals surface area contributed by atoms with Gasteiger partial charge in [0.2, 0.25) is 5.88 Å². The maximum Gasteiger partial charge on any atom is 0.238 e. The Morgan fingerprint density at radius 2 is 2.21 bits per heavy atom. The fraction of sp³-hybridized carbons (Fsp3) is 0.214. The van der Waals surface area contributed by atoms with E-state index in [4.69, 9.17) is 16.3 Å². The van der Waals surface area contributed by atoms with E-state index in [0.717, 1.165) is 5.56 Å². The lowest BCUT2D eigenvalue weighted by Gasteiger charge is -2.09. The van der Waals surface area contributed by atoms with Gasteiger partial charge in [-0.1, -0.05) is 23.7 Å². The fourth-order valence-electron chi connectivity index (χ4n) is 1.64. The molecule has 0 atom stereocenters. The van der Waals surface area contributed by atoms with E-state index >= 15 is 0 Å². The molecular weight excluding hydrogens is 267 g/mol. The van der Waals surface area contributed by atoms with Crippen LogP contribution in [0.4, 0.5) is 4.39 Å². The summed E-state index contributed by atoms with van der Waals surface area (Å²) in [5.74, 6) is -0.0820. The van der Waals surface area contributed by atoms with Crippen LogP contribution < -0.4 is 10.1 Å². The topological polar surface area (TPSA) is 34.2 Å². The predicted octanol–water partition coefficient (Wildman–Crippen LogP) is 3.69. The van der Waals surface area contributed by atoms with Crippen molar-refractivity contribution < 1.29 is 9.13 Å². The van der Waals surface area contributed by atoms with Crippen LogP contribution in [0.3, 0.4) is 0 Å². The summed E-state index contributed by atoms with van der Waals surface area (Å²) in [6.45, 7) is 2.33. The first kappa shape index (κ1) is 13.8. The number of aromatic nitrogens is 1. The Bertz CT molecular complexity index is 590. The van der Waals surface area contributed by atoms with Crippen LogP contribution in [-0.2, 0) is 6.54 Å². The predicted molar refractivity (Wildman–Crippen MR) is 73.2 cm³/mol. The van der Waals surface area contributed by atoms with Gasteiger partial charge in [0.25, 0.3) is 0 Å². The molecule has 0 radical (unpaired) electrons. The minimum absolute atomic E-state index is 0.121. The molecule has 1 N–H and O–H groups in total. The molecule has 1 heterocycles. The van der Waals surface area contributed by atoms with Crippen LogP contribution in [0.1, 0.15) is 11.1 Å². The molecule has 5 heteroatoms. The van der Waals surface area contributed by atoms with Crippen molar-refractivity contribution in [3.05, 3.63) is 52.4 Å². The number of pyridine rings is 1. The summed E-state index contributed by atoms with van der Waals surface area (Å²) in [7, 11) is 1.83. The maximum absolute atomic E-state index is 13.8. The highest BCUT2D eigenvalue weighted by atomic mass is 35.5. The van der Waals surface area contributed by atoms with E-state index < -0.39 is 5.82 Å². The number of nitrogens with zero attached hydrogens (tertiary/aromatic N) is 1. The average molecular weight is 281 g/mol. The number of halogens is 2. The van der Waals surface area contributed by atoms with E-state index in [2.05, 4.69) is 10.3 Å². The van der Waals surface area contributed by atoms with E-state index in [0.29, 0.717) is 17.1 Å². The van der Waals surface area contributed by atoms with Crippen molar-refractivity contribution in [1.82, 2.24) is 10.3 Å². The van der Waals surface area contributed by atoms with Gasteiger partial charge in [0, 0.05) is 12.7 Å². The lowest BCUT2D eigenvalue weighted by molar-refractivity contribution is 0.425. The first-order valence-electron chi connectivity index (χ1n) is 5.84. The smallest absolute Gasteiger partial charge is 0.238 e. The van der Waals surface area contributed by atoms with Crippen LogP contribution in [0, 0.1) is 12.7 Å². The molecule has 0 bridgehead atoms. The third-order valence-corrected chi connectivity index (χ3v) is 2.88. The van der Waals surface area contributed by atoms with Gasteiger partial charge in [-0.05, 0) is 37.2 Å². The van der Waals surface area contributed by atoms with Crippen LogP contribution in [0.25, 0.3) is 0 Å². The zero-order chi connectivity index (χ0) is 13.8. The minimum atomic E-state index is -0.403. The normalized spacial score (nSPS) is 10.5. The molecule has 0 spiro atoms. The van der Waals surface area contributed by atoms with Gasteiger partial charge in [0.05, 0.1) is 0 Å². The van der Waals surface area contributed by atoms with Gasteiger partial charge in [-0.3, -0.25) is 0 Å². The molecule has 19 heavy (non-hydrogen) atoms. The van der Waals surface area contributed by atoms with Gasteiger partial charge in [0.1, 0.15) is 5.02 Å². The monoisotopic (exact) mass is 280 g/mol. The van der Waals surface area contributed by atoms with Crippen molar-refractivity contribution >= 4 is 11.6 Å². The first-order chi connectivity index (χ1) is 9.11. The summed E-state index contributed by atoms with van der Waals surface area (Å²) >= 11 is 6.07. The van der Waals surface area contributed by atoms with Crippen LogP contribution >= 0.6 is 11.6 Å². The van der Waals surface area contributed by atoms with Crippen molar-refractivity contribution in [2.24, 2.45) is 0 Å². The molecule has 0 saturated carbocycles. The summed E-state index contributed by atoms with van der Waals surface area (Å²) in [5.41, 5.74) is 1.45. The molecule has 2 aromatic rings. The molecule has 0 aliphatic rings. The number of hydrogen-bond acceptors (Lipinski definition) is 3. The van der Waals surface area contributed by atoms with Crippen molar-refractivity contribution in [2.45, 2.75) is 13.5 Å². The van der Waals surface area contributed by atoms with E-state index in [9.17, 15) is 4.39 Å². The van der Waals surface area contributed by atoms with E-state index in [1.807, 2.05) is 7.05 Å². The number of ether oxygens (including phenoxy) is 1. The largest absolute Gasteiger partial charge is 0.434 e. The number of aryl methyl sites for hydroxylation is 1. The lowest BCUT2D eigenvalue weighted by Crippen LogP contribution is -2.05.